The molecule has 1 aliphatic heterocycles. The van der Waals surface area contributed by atoms with Gasteiger partial charge in [-0.05, 0) is 25.5 Å². The summed E-state index contributed by atoms with van der Waals surface area (Å²) >= 11 is 0. The molecule has 1 aliphatic rings. The second kappa shape index (κ2) is 6.07. The molecule has 0 bridgehead atoms. The highest BCUT2D eigenvalue weighted by molar-refractivity contribution is 5.42. The molecule has 100 valence electrons. The average molecular weight is 251 g/mol. The topological polar surface area (TPSA) is 39.7 Å². The minimum absolute atomic E-state index is 0.0378. The van der Waals surface area contributed by atoms with E-state index in [1.54, 1.807) is 14.2 Å². The lowest BCUT2D eigenvalue weighted by molar-refractivity contribution is 0.0646. The molecule has 4 heteroatoms. The summed E-state index contributed by atoms with van der Waals surface area (Å²) in [5.74, 6) is 1.61. The molecular weight excluding hydrogens is 230 g/mol. The largest absolute Gasteiger partial charge is 0.497 e. The molecule has 2 unspecified atom stereocenters. The Labute approximate surface area is 108 Å². The smallest absolute Gasteiger partial charge is 0.128 e. The van der Waals surface area contributed by atoms with Crippen LogP contribution in [0.2, 0.25) is 0 Å². The molecule has 1 saturated heterocycles. The Morgan fingerprint density at radius 3 is 2.83 bits per heavy atom. The molecule has 1 N–H and O–H groups in total. The lowest BCUT2D eigenvalue weighted by Crippen LogP contribution is -2.27. The van der Waals surface area contributed by atoms with Crippen molar-refractivity contribution in [2.75, 3.05) is 27.4 Å². The Bertz CT molecular complexity index is 395. The minimum atomic E-state index is 0.0378. The Kier molecular flexibility index (Phi) is 4.44. The van der Waals surface area contributed by atoms with E-state index in [1.807, 2.05) is 18.2 Å². The Hall–Kier alpha value is -1.26. The predicted molar refractivity (Wildman–Crippen MR) is 70.3 cm³/mol. The van der Waals surface area contributed by atoms with Gasteiger partial charge in [0.25, 0.3) is 0 Å². The molecule has 1 fully saturated rings. The average Bonchev–Trinajstić information content (AvgIpc) is 2.62. The number of benzene rings is 1. The second-order valence-electron chi connectivity index (χ2n) is 4.57. The molecule has 0 aliphatic carbocycles. The number of hydrogen-bond acceptors (Lipinski definition) is 4. The molecule has 0 amide bonds. The summed E-state index contributed by atoms with van der Waals surface area (Å²) in [5.41, 5.74) is 1.07. The van der Waals surface area contributed by atoms with E-state index < -0.39 is 0 Å². The standard InChI is InChI=1S/C14H21NO3/c1-10-6-7-18-14(9-15-10)12-5-4-11(16-2)8-13(12)17-3/h4-5,8,10,14-15H,6-7,9H2,1-3H3. The zero-order valence-electron chi connectivity index (χ0n) is 11.2. The summed E-state index contributed by atoms with van der Waals surface area (Å²) in [5, 5.41) is 3.46. The number of hydrogen-bond donors (Lipinski definition) is 1. The molecule has 18 heavy (non-hydrogen) atoms. The van der Waals surface area contributed by atoms with Crippen LogP contribution in [0.5, 0.6) is 11.5 Å². The highest BCUT2D eigenvalue weighted by Crippen LogP contribution is 2.31. The Morgan fingerprint density at radius 2 is 2.11 bits per heavy atom. The van der Waals surface area contributed by atoms with Gasteiger partial charge >= 0.3 is 0 Å². The maximum absolute atomic E-state index is 5.89. The number of ether oxygens (including phenoxy) is 3. The highest BCUT2D eigenvalue weighted by Gasteiger charge is 2.21. The normalized spacial score (nSPS) is 24.4. The van der Waals surface area contributed by atoms with Crippen molar-refractivity contribution in [2.24, 2.45) is 0 Å². The van der Waals surface area contributed by atoms with Crippen LogP contribution in [-0.4, -0.2) is 33.4 Å². The van der Waals surface area contributed by atoms with E-state index in [2.05, 4.69) is 12.2 Å². The van der Waals surface area contributed by atoms with Crippen molar-refractivity contribution in [1.29, 1.82) is 0 Å². The summed E-state index contributed by atoms with van der Waals surface area (Å²) in [6.07, 6.45) is 1.07. The van der Waals surface area contributed by atoms with Crippen LogP contribution in [0, 0.1) is 0 Å². The number of rotatable bonds is 3. The van der Waals surface area contributed by atoms with Gasteiger partial charge in [0.15, 0.2) is 0 Å². The van der Waals surface area contributed by atoms with E-state index >= 15 is 0 Å². The Balaban J connectivity index is 2.20. The summed E-state index contributed by atoms with van der Waals surface area (Å²) in [4.78, 5) is 0. The first kappa shape index (κ1) is 13.2. The van der Waals surface area contributed by atoms with Gasteiger partial charge in [-0.2, -0.15) is 0 Å². The van der Waals surface area contributed by atoms with Crippen molar-refractivity contribution >= 4 is 0 Å². The minimum Gasteiger partial charge on any atom is -0.497 e. The fourth-order valence-corrected chi connectivity index (χ4v) is 2.14. The van der Waals surface area contributed by atoms with Crippen molar-refractivity contribution in [3.8, 4) is 11.5 Å². The quantitative estimate of drug-likeness (QED) is 0.893. The van der Waals surface area contributed by atoms with E-state index in [0.717, 1.165) is 36.6 Å². The van der Waals surface area contributed by atoms with Gasteiger partial charge in [-0.25, -0.2) is 0 Å². The third-order valence-corrected chi connectivity index (χ3v) is 3.31. The first-order valence-corrected chi connectivity index (χ1v) is 6.31. The molecule has 1 aromatic rings. The van der Waals surface area contributed by atoms with Crippen LogP contribution in [-0.2, 0) is 4.74 Å². The third-order valence-electron chi connectivity index (χ3n) is 3.31. The maximum atomic E-state index is 5.89. The molecule has 2 rings (SSSR count). The summed E-state index contributed by atoms with van der Waals surface area (Å²) in [7, 11) is 3.32. The van der Waals surface area contributed by atoms with Gasteiger partial charge in [0.05, 0.1) is 20.3 Å². The van der Waals surface area contributed by atoms with Crippen molar-refractivity contribution in [3.05, 3.63) is 23.8 Å². The molecule has 1 heterocycles. The molecule has 0 saturated carbocycles. The van der Waals surface area contributed by atoms with E-state index in [4.69, 9.17) is 14.2 Å². The zero-order chi connectivity index (χ0) is 13.0. The monoisotopic (exact) mass is 251 g/mol. The molecule has 0 spiro atoms. The van der Waals surface area contributed by atoms with Gasteiger partial charge < -0.3 is 19.5 Å². The van der Waals surface area contributed by atoms with Gasteiger partial charge in [0.1, 0.15) is 11.5 Å². The zero-order valence-corrected chi connectivity index (χ0v) is 11.2. The van der Waals surface area contributed by atoms with Crippen molar-refractivity contribution in [1.82, 2.24) is 5.32 Å². The highest BCUT2D eigenvalue weighted by atomic mass is 16.5. The fourth-order valence-electron chi connectivity index (χ4n) is 2.14. The third kappa shape index (κ3) is 2.94. The van der Waals surface area contributed by atoms with Gasteiger partial charge in [-0.1, -0.05) is 0 Å². The van der Waals surface area contributed by atoms with Crippen molar-refractivity contribution in [3.63, 3.8) is 0 Å². The number of nitrogens with one attached hydrogen (secondary N) is 1. The van der Waals surface area contributed by atoms with Gasteiger partial charge in [0.2, 0.25) is 0 Å². The Morgan fingerprint density at radius 1 is 1.28 bits per heavy atom. The van der Waals surface area contributed by atoms with E-state index in [9.17, 15) is 0 Å². The molecule has 4 nitrogen and oxygen atoms in total. The molecular formula is C14H21NO3. The second-order valence-corrected chi connectivity index (χ2v) is 4.57. The van der Waals surface area contributed by atoms with Crippen LogP contribution in [0.25, 0.3) is 0 Å². The van der Waals surface area contributed by atoms with Crippen molar-refractivity contribution < 1.29 is 14.2 Å². The SMILES string of the molecule is COc1ccc(C2CNC(C)CCO2)c(OC)c1. The van der Waals surface area contributed by atoms with Gasteiger partial charge in [0, 0.05) is 30.8 Å². The van der Waals surface area contributed by atoms with Crippen LogP contribution < -0.4 is 14.8 Å². The summed E-state index contributed by atoms with van der Waals surface area (Å²) in [6.45, 7) is 3.76. The number of methoxy groups -OCH3 is 2. The van der Waals surface area contributed by atoms with Crippen LogP contribution in [0.1, 0.15) is 25.0 Å². The molecule has 0 aromatic heterocycles. The van der Waals surface area contributed by atoms with Crippen molar-refractivity contribution in [2.45, 2.75) is 25.5 Å². The first-order chi connectivity index (χ1) is 8.74. The lowest BCUT2D eigenvalue weighted by Gasteiger charge is -2.19. The molecule has 1 aromatic carbocycles. The van der Waals surface area contributed by atoms with Crippen LogP contribution in [0.15, 0.2) is 18.2 Å². The van der Waals surface area contributed by atoms with Crippen LogP contribution >= 0.6 is 0 Å². The molecule has 0 radical (unpaired) electrons. The van der Waals surface area contributed by atoms with E-state index in [-0.39, 0.29) is 6.10 Å². The summed E-state index contributed by atoms with van der Waals surface area (Å²) < 4.78 is 16.5. The van der Waals surface area contributed by atoms with E-state index in [1.165, 1.54) is 0 Å². The van der Waals surface area contributed by atoms with Crippen LogP contribution in [0.3, 0.4) is 0 Å². The first-order valence-electron chi connectivity index (χ1n) is 6.31. The molecule has 2 atom stereocenters. The maximum Gasteiger partial charge on any atom is 0.128 e. The fraction of sp³-hybridized carbons (Fsp3) is 0.571. The van der Waals surface area contributed by atoms with Gasteiger partial charge in [-0.3, -0.25) is 0 Å². The summed E-state index contributed by atoms with van der Waals surface area (Å²) in [6, 6.07) is 6.35. The van der Waals surface area contributed by atoms with E-state index in [0.29, 0.717) is 6.04 Å². The van der Waals surface area contributed by atoms with Gasteiger partial charge in [-0.15, -0.1) is 0 Å². The lowest BCUT2D eigenvalue weighted by atomic mass is 10.1. The van der Waals surface area contributed by atoms with Crippen LogP contribution in [0.4, 0.5) is 0 Å². The predicted octanol–water partition coefficient (Wildman–Crippen LogP) is 2.14.